The summed E-state index contributed by atoms with van der Waals surface area (Å²) in [5.41, 5.74) is 0. The van der Waals surface area contributed by atoms with Crippen LogP contribution >= 0.6 is 0 Å². The first-order chi connectivity index (χ1) is 5.27. The molecule has 11 heavy (non-hydrogen) atoms. The van der Waals surface area contributed by atoms with E-state index in [1.165, 1.54) is 0 Å². The minimum Gasteiger partial charge on any atom is -0.394 e. The Morgan fingerprint density at radius 3 is 2.82 bits per heavy atom. The van der Waals surface area contributed by atoms with Gasteiger partial charge in [-0.25, -0.2) is 0 Å². The van der Waals surface area contributed by atoms with E-state index in [1.54, 1.807) is 7.11 Å². The van der Waals surface area contributed by atoms with Crippen LogP contribution in [0.5, 0.6) is 0 Å². The van der Waals surface area contributed by atoms with Crippen LogP contribution in [0, 0.1) is 0 Å². The molecular weight excluding hydrogens is 148 g/mol. The third kappa shape index (κ3) is 2.13. The normalized spacial score (nSPS) is 39.0. The average Bonchev–Trinajstić information content (AvgIpc) is 2.05. The summed E-state index contributed by atoms with van der Waals surface area (Å²) in [6, 6.07) is 0. The highest BCUT2D eigenvalue weighted by atomic mass is 16.7. The van der Waals surface area contributed by atoms with Crippen LogP contribution in [0.1, 0.15) is 12.8 Å². The molecule has 1 aliphatic heterocycles. The van der Waals surface area contributed by atoms with Crippen molar-refractivity contribution in [2.24, 2.45) is 0 Å². The SMILES string of the molecule is CO[C@@H]1CC[C@@H](O)[C@@H](CO)O1. The predicted molar refractivity (Wildman–Crippen MR) is 38.0 cm³/mol. The largest absolute Gasteiger partial charge is 0.394 e. The maximum absolute atomic E-state index is 9.24. The smallest absolute Gasteiger partial charge is 0.157 e. The summed E-state index contributed by atoms with van der Waals surface area (Å²) >= 11 is 0. The molecule has 0 aliphatic carbocycles. The van der Waals surface area contributed by atoms with Crippen LogP contribution in [-0.4, -0.2) is 42.4 Å². The van der Waals surface area contributed by atoms with Crippen molar-refractivity contribution in [2.45, 2.75) is 31.3 Å². The zero-order valence-electron chi connectivity index (χ0n) is 6.56. The quantitative estimate of drug-likeness (QED) is 0.574. The summed E-state index contributed by atoms with van der Waals surface area (Å²) in [6.45, 7) is -0.152. The lowest BCUT2D eigenvalue weighted by Crippen LogP contribution is -2.41. The summed E-state index contributed by atoms with van der Waals surface area (Å²) in [5.74, 6) is 0. The molecule has 4 nitrogen and oxygen atoms in total. The summed E-state index contributed by atoms with van der Waals surface area (Å²) in [4.78, 5) is 0. The van der Waals surface area contributed by atoms with Gasteiger partial charge in [0.1, 0.15) is 6.10 Å². The lowest BCUT2D eigenvalue weighted by molar-refractivity contribution is -0.219. The molecule has 0 bridgehead atoms. The Morgan fingerprint density at radius 1 is 1.55 bits per heavy atom. The molecule has 1 saturated heterocycles. The molecule has 1 heterocycles. The molecule has 0 amide bonds. The van der Waals surface area contributed by atoms with E-state index in [4.69, 9.17) is 14.6 Å². The summed E-state index contributed by atoms with van der Waals surface area (Å²) in [6.07, 6.45) is 0.0217. The number of aliphatic hydroxyl groups excluding tert-OH is 2. The Labute approximate surface area is 65.7 Å². The number of aliphatic hydroxyl groups is 2. The van der Waals surface area contributed by atoms with Gasteiger partial charge >= 0.3 is 0 Å². The van der Waals surface area contributed by atoms with Gasteiger partial charge in [0.2, 0.25) is 0 Å². The topological polar surface area (TPSA) is 58.9 Å². The summed E-state index contributed by atoms with van der Waals surface area (Å²) in [5, 5.41) is 18.0. The Balaban J connectivity index is 2.37. The van der Waals surface area contributed by atoms with E-state index in [2.05, 4.69) is 0 Å². The van der Waals surface area contributed by atoms with Crippen LogP contribution < -0.4 is 0 Å². The molecule has 0 aromatic rings. The van der Waals surface area contributed by atoms with Crippen LogP contribution in [-0.2, 0) is 9.47 Å². The van der Waals surface area contributed by atoms with Gasteiger partial charge in [0.05, 0.1) is 12.7 Å². The van der Waals surface area contributed by atoms with Gasteiger partial charge in [-0.3, -0.25) is 0 Å². The van der Waals surface area contributed by atoms with Crippen LogP contribution in [0.2, 0.25) is 0 Å². The lowest BCUT2D eigenvalue weighted by Gasteiger charge is -2.31. The lowest BCUT2D eigenvalue weighted by atomic mass is 10.1. The van der Waals surface area contributed by atoms with Gasteiger partial charge in [-0.15, -0.1) is 0 Å². The number of hydrogen-bond acceptors (Lipinski definition) is 4. The Morgan fingerprint density at radius 2 is 2.27 bits per heavy atom. The van der Waals surface area contributed by atoms with Crippen molar-refractivity contribution in [1.29, 1.82) is 0 Å². The fraction of sp³-hybridized carbons (Fsp3) is 1.00. The first kappa shape index (κ1) is 8.93. The van der Waals surface area contributed by atoms with E-state index in [1.807, 2.05) is 0 Å². The van der Waals surface area contributed by atoms with Crippen molar-refractivity contribution in [3.05, 3.63) is 0 Å². The third-order valence-corrected chi connectivity index (χ3v) is 1.90. The van der Waals surface area contributed by atoms with Gasteiger partial charge in [0.15, 0.2) is 6.29 Å². The highest BCUT2D eigenvalue weighted by Crippen LogP contribution is 2.19. The molecule has 1 fully saturated rings. The maximum atomic E-state index is 9.24. The third-order valence-electron chi connectivity index (χ3n) is 1.90. The second-order valence-corrected chi connectivity index (χ2v) is 2.67. The maximum Gasteiger partial charge on any atom is 0.157 e. The monoisotopic (exact) mass is 162 g/mol. The van der Waals surface area contributed by atoms with Crippen molar-refractivity contribution in [1.82, 2.24) is 0 Å². The van der Waals surface area contributed by atoms with E-state index >= 15 is 0 Å². The number of ether oxygens (including phenoxy) is 2. The number of hydrogen-bond donors (Lipinski definition) is 2. The van der Waals surface area contributed by atoms with Crippen molar-refractivity contribution >= 4 is 0 Å². The van der Waals surface area contributed by atoms with Crippen LogP contribution in [0.3, 0.4) is 0 Å². The van der Waals surface area contributed by atoms with Gasteiger partial charge in [-0.2, -0.15) is 0 Å². The van der Waals surface area contributed by atoms with Crippen molar-refractivity contribution in [3.8, 4) is 0 Å². The molecule has 0 aromatic heterocycles. The molecule has 1 aliphatic rings. The van der Waals surface area contributed by atoms with E-state index in [-0.39, 0.29) is 12.9 Å². The Hall–Kier alpha value is -0.160. The van der Waals surface area contributed by atoms with Gasteiger partial charge in [-0.05, 0) is 6.42 Å². The second-order valence-electron chi connectivity index (χ2n) is 2.67. The zero-order valence-corrected chi connectivity index (χ0v) is 6.56. The number of methoxy groups -OCH3 is 1. The van der Waals surface area contributed by atoms with E-state index in [9.17, 15) is 5.11 Å². The molecule has 66 valence electrons. The molecule has 0 spiro atoms. The van der Waals surface area contributed by atoms with Gasteiger partial charge in [0.25, 0.3) is 0 Å². The minimum absolute atomic E-state index is 0.152. The van der Waals surface area contributed by atoms with E-state index in [0.717, 1.165) is 0 Å². The zero-order chi connectivity index (χ0) is 8.27. The molecular formula is C7H14O4. The van der Waals surface area contributed by atoms with E-state index in [0.29, 0.717) is 12.8 Å². The predicted octanol–water partition coefficient (Wildman–Crippen LogP) is -0.509. The molecule has 0 aromatic carbocycles. The molecule has 4 heteroatoms. The van der Waals surface area contributed by atoms with Gasteiger partial charge in [0, 0.05) is 13.5 Å². The molecule has 0 saturated carbocycles. The fourth-order valence-electron chi connectivity index (χ4n) is 1.18. The van der Waals surface area contributed by atoms with Crippen LogP contribution in [0.15, 0.2) is 0 Å². The summed E-state index contributed by atoms with van der Waals surface area (Å²) < 4.78 is 10.1. The summed E-state index contributed by atoms with van der Waals surface area (Å²) in [7, 11) is 1.55. The number of rotatable bonds is 2. The van der Waals surface area contributed by atoms with Crippen molar-refractivity contribution < 1.29 is 19.7 Å². The standard InChI is InChI=1S/C7H14O4/c1-10-7-3-2-5(9)6(4-8)11-7/h5-9H,2-4H2,1H3/t5-,6-,7+/m1/s1. The van der Waals surface area contributed by atoms with Crippen LogP contribution in [0.4, 0.5) is 0 Å². The second kappa shape index (κ2) is 4.01. The van der Waals surface area contributed by atoms with Crippen LogP contribution in [0.25, 0.3) is 0 Å². The van der Waals surface area contributed by atoms with E-state index < -0.39 is 12.2 Å². The Bertz CT molecular complexity index is 117. The first-order valence-corrected chi connectivity index (χ1v) is 3.75. The first-order valence-electron chi connectivity index (χ1n) is 3.75. The van der Waals surface area contributed by atoms with Gasteiger partial charge in [-0.1, -0.05) is 0 Å². The molecule has 1 rings (SSSR count). The van der Waals surface area contributed by atoms with Gasteiger partial charge < -0.3 is 19.7 Å². The van der Waals surface area contributed by atoms with Crippen molar-refractivity contribution in [3.63, 3.8) is 0 Å². The molecule has 0 unspecified atom stereocenters. The molecule has 3 atom stereocenters. The average molecular weight is 162 g/mol. The minimum atomic E-state index is -0.550. The molecule has 0 radical (unpaired) electrons. The highest BCUT2D eigenvalue weighted by molar-refractivity contribution is 4.74. The fourth-order valence-corrected chi connectivity index (χ4v) is 1.18. The highest BCUT2D eigenvalue weighted by Gasteiger charge is 2.28. The Kier molecular flexibility index (Phi) is 3.26. The van der Waals surface area contributed by atoms with Crippen molar-refractivity contribution in [2.75, 3.05) is 13.7 Å². The molecule has 2 N–H and O–H groups in total.